The second kappa shape index (κ2) is 7.25. The van der Waals surface area contributed by atoms with Crippen LogP contribution in [0.3, 0.4) is 0 Å². The second-order valence-corrected chi connectivity index (χ2v) is 6.03. The summed E-state index contributed by atoms with van der Waals surface area (Å²) in [5, 5.41) is 1.93. The highest BCUT2D eigenvalue weighted by atomic mass is 32.1. The maximum atomic E-state index is 11.8. The van der Waals surface area contributed by atoms with Gasteiger partial charge in [0.1, 0.15) is 5.75 Å². The summed E-state index contributed by atoms with van der Waals surface area (Å²) in [6.45, 7) is 4.91. The first-order valence-corrected chi connectivity index (χ1v) is 7.84. The topological polar surface area (TPSA) is 26.3 Å². The lowest BCUT2D eigenvalue weighted by molar-refractivity contribution is 0.0977. The molecule has 0 amide bonds. The Morgan fingerprint density at radius 3 is 2.80 bits per heavy atom. The molecular formula is C17H20O2S. The summed E-state index contributed by atoms with van der Waals surface area (Å²) < 4.78 is 5.72. The van der Waals surface area contributed by atoms with E-state index in [9.17, 15) is 4.79 Å². The molecule has 0 bridgehead atoms. The third-order valence-corrected chi connectivity index (χ3v) is 4.05. The van der Waals surface area contributed by atoms with Gasteiger partial charge in [-0.05, 0) is 41.5 Å². The minimum atomic E-state index is 0.208. The molecule has 0 saturated heterocycles. The number of hydrogen-bond donors (Lipinski definition) is 0. The van der Waals surface area contributed by atoms with Gasteiger partial charge in [-0.3, -0.25) is 4.79 Å². The Balaban J connectivity index is 1.76. The first-order chi connectivity index (χ1) is 9.66. The van der Waals surface area contributed by atoms with Gasteiger partial charge < -0.3 is 4.74 Å². The van der Waals surface area contributed by atoms with Gasteiger partial charge in [-0.1, -0.05) is 32.0 Å². The first-order valence-electron chi connectivity index (χ1n) is 6.96. The highest BCUT2D eigenvalue weighted by Crippen LogP contribution is 2.20. The number of ketones is 1. The van der Waals surface area contributed by atoms with Crippen molar-refractivity contribution in [2.24, 2.45) is 0 Å². The molecule has 1 aromatic carbocycles. The molecule has 1 heterocycles. The fraction of sp³-hybridized carbons (Fsp3) is 0.353. The van der Waals surface area contributed by atoms with Crippen molar-refractivity contribution >= 4 is 17.1 Å². The van der Waals surface area contributed by atoms with Crippen LogP contribution in [0.5, 0.6) is 5.75 Å². The van der Waals surface area contributed by atoms with Gasteiger partial charge in [0.2, 0.25) is 0 Å². The van der Waals surface area contributed by atoms with Crippen LogP contribution in [0.15, 0.2) is 41.8 Å². The molecule has 0 unspecified atom stereocenters. The number of benzene rings is 1. The Labute approximate surface area is 124 Å². The molecule has 106 valence electrons. The summed E-state index contributed by atoms with van der Waals surface area (Å²) >= 11 is 1.50. The standard InChI is InChI=1S/C17H20O2S/c1-13(2)14-6-3-7-15(12-14)19-10-4-8-16(18)17-9-5-11-20-17/h3,5-7,9,11-13H,4,8,10H2,1-2H3. The predicted molar refractivity (Wildman–Crippen MR) is 83.9 cm³/mol. The number of hydrogen-bond acceptors (Lipinski definition) is 3. The zero-order valence-electron chi connectivity index (χ0n) is 12.0. The summed E-state index contributed by atoms with van der Waals surface area (Å²) in [5.74, 6) is 1.60. The Morgan fingerprint density at radius 1 is 1.25 bits per heavy atom. The summed E-state index contributed by atoms with van der Waals surface area (Å²) in [7, 11) is 0. The molecule has 2 nitrogen and oxygen atoms in total. The van der Waals surface area contributed by atoms with Crippen LogP contribution in [-0.4, -0.2) is 12.4 Å². The molecule has 1 aromatic heterocycles. The number of carbonyl (C=O) groups is 1. The molecule has 0 atom stereocenters. The highest BCUT2D eigenvalue weighted by molar-refractivity contribution is 7.12. The lowest BCUT2D eigenvalue weighted by atomic mass is 10.0. The van der Waals surface area contributed by atoms with Crippen molar-refractivity contribution in [2.45, 2.75) is 32.6 Å². The van der Waals surface area contributed by atoms with Crippen molar-refractivity contribution in [1.29, 1.82) is 0 Å². The van der Waals surface area contributed by atoms with Gasteiger partial charge in [0.25, 0.3) is 0 Å². The maximum absolute atomic E-state index is 11.8. The predicted octanol–water partition coefficient (Wildman–Crippen LogP) is 4.91. The van der Waals surface area contributed by atoms with Crippen LogP contribution in [-0.2, 0) is 0 Å². The number of thiophene rings is 1. The Morgan fingerprint density at radius 2 is 2.10 bits per heavy atom. The summed E-state index contributed by atoms with van der Waals surface area (Å²) in [6.07, 6.45) is 1.30. The largest absolute Gasteiger partial charge is 0.494 e. The van der Waals surface area contributed by atoms with E-state index in [2.05, 4.69) is 26.0 Å². The number of Topliss-reactive ketones (excluding diaryl/α,β-unsaturated/α-hetero) is 1. The van der Waals surface area contributed by atoms with E-state index in [1.165, 1.54) is 16.9 Å². The van der Waals surface area contributed by atoms with E-state index in [-0.39, 0.29) is 5.78 Å². The van der Waals surface area contributed by atoms with Crippen molar-refractivity contribution in [2.75, 3.05) is 6.61 Å². The van der Waals surface area contributed by atoms with E-state index in [1.807, 2.05) is 29.6 Å². The van der Waals surface area contributed by atoms with E-state index < -0.39 is 0 Å². The van der Waals surface area contributed by atoms with Gasteiger partial charge in [0.05, 0.1) is 11.5 Å². The van der Waals surface area contributed by atoms with E-state index >= 15 is 0 Å². The summed E-state index contributed by atoms with van der Waals surface area (Å²) in [5.41, 5.74) is 1.28. The average molecular weight is 288 g/mol. The SMILES string of the molecule is CC(C)c1cccc(OCCCC(=O)c2cccs2)c1. The number of carbonyl (C=O) groups excluding carboxylic acids is 1. The van der Waals surface area contributed by atoms with E-state index in [0.29, 0.717) is 18.9 Å². The van der Waals surface area contributed by atoms with Gasteiger partial charge in [-0.2, -0.15) is 0 Å². The molecule has 0 aliphatic rings. The lowest BCUT2D eigenvalue weighted by Gasteiger charge is -2.09. The molecule has 0 radical (unpaired) electrons. The van der Waals surface area contributed by atoms with Crippen LogP contribution in [0.4, 0.5) is 0 Å². The van der Waals surface area contributed by atoms with Crippen LogP contribution in [0.2, 0.25) is 0 Å². The smallest absolute Gasteiger partial charge is 0.172 e. The van der Waals surface area contributed by atoms with Gasteiger partial charge in [0.15, 0.2) is 5.78 Å². The normalized spacial score (nSPS) is 10.8. The Hall–Kier alpha value is -1.61. The van der Waals surface area contributed by atoms with Crippen LogP contribution >= 0.6 is 11.3 Å². The fourth-order valence-corrected chi connectivity index (χ4v) is 2.64. The lowest BCUT2D eigenvalue weighted by Crippen LogP contribution is -2.03. The van der Waals surface area contributed by atoms with Gasteiger partial charge in [-0.25, -0.2) is 0 Å². The summed E-state index contributed by atoms with van der Waals surface area (Å²) in [6, 6.07) is 11.9. The molecule has 0 saturated carbocycles. The monoisotopic (exact) mass is 288 g/mol. The molecule has 0 fully saturated rings. The van der Waals surface area contributed by atoms with Crippen LogP contribution < -0.4 is 4.74 Å². The molecule has 0 aliphatic heterocycles. The van der Waals surface area contributed by atoms with E-state index in [1.54, 1.807) is 0 Å². The highest BCUT2D eigenvalue weighted by Gasteiger charge is 2.06. The van der Waals surface area contributed by atoms with Crippen LogP contribution in [0, 0.1) is 0 Å². The second-order valence-electron chi connectivity index (χ2n) is 5.08. The molecule has 0 aliphatic carbocycles. The first kappa shape index (κ1) is 14.8. The van der Waals surface area contributed by atoms with E-state index in [0.717, 1.165) is 17.0 Å². The maximum Gasteiger partial charge on any atom is 0.172 e. The van der Waals surface area contributed by atoms with Crippen molar-refractivity contribution < 1.29 is 9.53 Å². The summed E-state index contributed by atoms with van der Waals surface area (Å²) in [4.78, 5) is 12.7. The zero-order chi connectivity index (χ0) is 14.4. The van der Waals surface area contributed by atoms with E-state index in [4.69, 9.17) is 4.74 Å². The number of ether oxygens (including phenoxy) is 1. The quantitative estimate of drug-likeness (QED) is 0.534. The molecule has 0 N–H and O–H groups in total. The third kappa shape index (κ3) is 4.20. The molecule has 2 rings (SSSR count). The minimum absolute atomic E-state index is 0.208. The molecule has 20 heavy (non-hydrogen) atoms. The van der Waals surface area contributed by atoms with Crippen molar-refractivity contribution in [3.8, 4) is 5.75 Å². The van der Waals surface area contributed by atoms with Crippen LogP contribution in [0.25, 0.3) is 0 Å². The Kier molecular flexibility index (Phi) is 5.36. The third-order valence-electron chi connectivity index (χ3n) is 3.14. The van der Waals surface area contributed by atoms with Crippen LogP contribution in [0.1, 0.15) is 47.8 Å². The average Bonchev–Trinajstić information content (AvgIpc) is 2.98. The fourth-order valence-electron chi connectivity index (χ4n) is 1.95. The Bertz CT molecular complexity index is 544. The minimum Gasteiger partial charge on any atom is -0.494 e. The molecular weight excluding hydrogens is 268 g/mol. The van der Waals surface area contributed by atoms with Crippen molar-refractivity contribution in [1.82, 2.24) is 0 Å². The van der Waals surface area contributed by atoms with Gasteiger partial charge in [0, 0.05) is 6.42 Å². The zero-order valence-corrected chi connectivity index (χ0v) is 12.8. The van der Waals surface area contributed by atoms with Crippen molar-refractivity contribution in [3.63, 3.8) is 0 Å². The van der Waals surface area contributed by atoms with Gasteiger partial charge >= 0.3 is 0 Å². The number of rotatable bonds is 7. The van der Waals surface area contributed by atoms with Crippen molar-refractivity contribution in [3.05, 3.63) is 52.2 Å². The molecule has 3 heteroatoms. The van der Waals surface area contributed by atoms with Gasteiger partial charge in [-0.15, -0.1) is 11.3 Å². The molecule has 0 spiro atoms. The molecule has 2 aromatic rings.